The Balaban J connectivity index is 2.15. The van der Waals surface area contributed by atoms with E-state index in [1.165, 1.54) is 4.90 Å². The van der Waals surface area contributed by atoms with E-state index in [4.69, 9.17) is 0 Å². The highest BCUT2D eigenvalue weighted by Gasteiger charge is 2.20. The Kier molecular flexibility index (Phi) is 4.65. The number of rotatable bonds is 4. The molecule has 2 amide bonds. The summed E-state index contributed by atoms with van der Waals surface area (Å²) in [6.07, 6.45) is 0. The lowest BCUT2D eigenvalue weighted by atomic mass is 10.1. The normalized spacial score (nSPS) is 11.2. The van der Waals surface area contributed by atoms with Crippen LogP contribution in [0.5, 0.6) is 0 Å². The fourth-order valence-corrected chi connectivity index (χ4v) is 2.87. The van der Waals surface area contributed by atoms with Gasteiger partial charge in [-0.25, -0.2) is 4.79 Å². The van der Waals surface area contributed by atoms with Gasteiger partial charge in [-0.2, -0.15) is 0 Å². The molecule has 0 aliphatic rings. The smallest absolute Gasteiger partial charge is 0.321 e. The third-order valence-corrected chi connectivity index (χ3v) is 3.83. The van der Waals surface area contributed by atoms with Crippen molar-refractivity contribution in [2.75, 3.05) is 18.9 Å². The molecule has 2 N–H and O–H groups in total. The van der Waals surface area contributed by atoms with Crippen LogP contribution in [0.25, 0.3) is 10.4 Å². The third kappa shape index (κ3) is 4.31. The van der Waals surface area contributed by atoms with Crippen molar-refractivity contribution in [3.63, 3.8) is 0 Å². The van der Waals surface area contributed by atoms with Crippen LogP contribution in [0, 0.1) is 0 Å². The average Bonchev–Trinajstić information content (AvgIpc) is 2.91. The summed E-state index contributed by atoms with van der Waals surface area (Å²) in [5.41, 5.74) is 0.851. The largest absolute Gasteiger partial charge is 0.389 e. The molecule has 0 aliphatic heterocycles. The van der Waals surface area contributed by atoms with Crippen LogP contribution in [-0.2, 0) is 0 Å². The number of benzene rings is 1. The van der Waals surface area contributed by atoms with Gasteiger partial charge in [0.1, 0.15) is 0 Å². The van der Waals surface area contributed by atoms with Gasteiger partial charge in [0.15, 0.2) is 0 Å². The fourth-order valence-electron chi connectivity index (χ4n) is 2.10. The van der Waals surface area contributed by atoms with E-state index in [2.05, 4.69) is 5.32 Å². The lowest BCUT2D eigenvalue weighted by Crippen LogP contribution is -2.41. The number of aliphatic hydroxyl groups is 1. The highest BCUT2D eigenvalue weighted by Crippen LogP contribution is 2.31. The Morgan fingerprint density at radius 2 is 2.00 bits per heavy atom. The molecule has 0 atom stereocenters. The zero-order chi connectivity index (χ0) is 15.5. The second-order valence-electron chi connectivity index (χ2n) is 5.62. The number of anilines is 1. The maximum atomic E-state index is 12.2. The van der Waals surface area contributed by atoms with Crippen LogP contribution in [0.4, 0.5) is 10.5 Å². The van der Waals surface area contributed by atoms with Gasteiger partial charge in [-0.05, 0) is 31.4 Å². The first kappa shape index (κ1) is 15.5. The molecule has 0 radical (unpaired) electrons. The van der Waals surface area contributed by atoms with Crippen molar-refractivity contribution in [1.82, 2.24) is 4.90 Å². The van der Waals surface area contributed by atoms with Gasteiger partial charge >= 0.3 is 6.03 Å². The van der Waals surface area contributed by atoms with Gasteiger partial charge in [0.25, 0.3) is 0 Å². The van der Waals surface area contributed by atoms with Crippen molar-refractivity contribution in [1.29, 1.82) is 0 Å². The number of hydrogen-bond acceptors (Lipinski definition) is 3. The van der Waals surface area contributed by atoms with Crippen LogP contribution in [-0.4, -0.2) is 35.2 Å². The number of amides is 2. The lowest BCUT2D eigenvalue weighted by Gasteiger charge is -2.26. The van der Waals surface area contributed by atoms with Crippen LogP contribution in [0.3, 0.4) is 0 Å². The van der Waals surface area contributed by atoms with Crippen LogP contribution in [0.1, 0.15) is 13.8 Å². The average molecular weight is 304 g/mol. The number of nitrogens with one attached hydrogen (secondary N) is 1. The molecule has 0 saturated heterocycles. The van der Waals surface area contributed by atoms with E-state index in [1.54, 1.807) is 32.2 Å². The van der Waals surface area contributed by atoms with Gasteiger partial charge in [-0.3, -0.25) is 0 Å². The molecular weight excluding hydrogens is 284 g/mol. The third-order valence-electron chi connectivity index (χ3n) is 2.93. The molecule has 0 bridgehead atoms. The standard InChI is InChI=1S/C16H20N2O2S/c1-16(2,20)11-18(3)15(19)17-13-8-5-4-7-12(13)14-9-6-10-21-14/h4-10,20H,11H2,1-3H3,(H,17,19). The summed E-state index contributed by atoms with van der Waals surface area (Å²) in [5, 5.41) is 14.7. The Labute approximate surface area is 129 Å². The first-order chi connectivity index (χ1) is 9.87. The highest BCUT2D eigenvalue weighted by atomic mass is 32.1. The predicted molar refractivity (Wildman–Crippen MR) is 87.7 cm³/mol. The summed E-state index contributed by atoms with van der Waals surface area (Å²) in [4.78, 5) is 14.8. The zero-order valence-electron chi connectivity index (χ0n) is 12.5. The number of carbonyl (C=O) groups excluding carboxylic acids is 1. The Morgan fingerprint density at radius 3 is 2.62 bits per heavy atom. The summed E-state index contributed by atoms with van der Waals surface area (Å²) in [6.45, 7) is 3.62. The van der Waals surface area contributed by atoms with Crippen molar-refractivity contribution in [2.45, 2.75) is 19.4 Å². The molecule has 1 aromatic carbocycles. The Bertz CT molecular complexity index is 603. The van der Waals surface area contributed by atoms with Crippen LogP contribution >= 0.6 is 11.3 Å². The molecule has 0 spiro atoms. The van der Waals surface area contributed by atoms with E-state index in [1.807, 2.05) is 41.8 Å². The first-order valence-corrected chi connectivity index (χ1v) is 7.62. The van der Waals surface area contributed by atoms with E-state index in [-0.39, 0.29) is 12.6 Å². The van der Waals surface area contributed by atoms with Gasteiger partial charge < -0.3 is 15.3 Å². The maximum Gasteiger partial charge on any atom is 0.321 e. The number of thiophene rings is 1. The van der Waals surface area contributed by atoms with Crippen molar-refractivity contribution in [3.05, 3.63) is 41.8 Å². The van der Waals surface area contributed by atoms with Crippen LogP contribution in [0.2, 0.25) is 0 Å². The monoisotopic (exact) mass is 304 g/mol. The predicted octanol–water partition coefficient (Wildman–Crippen LogP) is 3.65. The number of urea groups is 1. The number of carbonyl (C=O) groups is 1. The molecule has 1 heterocycles. The van der Waals surface area contributed by atoms with Crippen molar-refractivity contribution >= 4 is 23.1 Å². The summed E-state index contributed by atoms with van der Waals surface area (Å²) < 4.78 is 0. The van der Waals surface area contributed by atoms with Gasteiger partial charge in [0, 0.05) is 17.5 Å². The minimum Gasteiger partial charge on any atom is -0.389 e. The molecule has 21 heavy (non-hydrogen) atoms. The van der Waals surface area contributed by atoms with Crippen LogP contribution in [0.15, 0.2) is 41.8 Å². The summed E-state index contributed by atoms with van der Waals surface area (Å²) >= 11 is 1.63. The Morgan fingerprint density at radius 1 is 1.29 bits per heavy atom. The van der Waals surface area contributed by atoms with Crippen molar-refractivity contribution < 1.29 is 9.90 Å². The molecule has 2 rings (SSSR count). The summed E-state index contributed by atoms with van der Waals surface area (Å²) in [6, 6.07) is 11.5. The molecular formula is C16H20N2O2S. The van der Waals surface area contributed by atoms with E-state index in [9.17, 15) is 9.90 Å². The molecule has 4 nitrogen and oxygen atoms in total. The topological polar surface area (TPSA) is 52.6 Å². The number of nitrogens with zero attached hydrogens (tertiary/aromatic N) is 1. The van der Waals surface area contributed by atoms with Gasteiger partial charge in [-0.15, -0.1) is 11.3 Å². The van der Waals surface area contributed by atoms with E-state index in [0.29, 0.717) is 0 Å². The van der Waals surface area contributed by atoms with Gasteiger partial charge in [-0.1, -0.05) is 24.3 Å². The second kappa shape index (κ2) is 6.28. The Hall–Kier alpha value is -1.85. The molecule has 112 valence electrons. The minimum absolute atomic E-state index is 0.235. The van der Waals surface area contributed by atoms with Crippen molar-refractivity contribution in [3.8, 4) is 10.4 Å². The molecule has 0 unspecified atom stereocenters. The van der Waals surface area contributed by atoms with Gasteiger partial charge in [0.05, 0.1) is 17.8 Å². The molecule has 0 aliphatic carbocycles. The number of hydrogen-bond donors (Lipinski definition) is 2. The van der Waals surface area contributed by atoms with E-state index >= 15 is 0 Å². The number of para-hydroxylation sites is 1. The SMILES string of the molecule is CN(CC(C)(C)O)C(=O)Nc1ccccc1-c1cccs1. The van der Waals surface area contributed by atoms with E-state index in [0.717, 1.165) is 16.1 Å². The molecule has 0 fully saturated rings. The molecule has 1 aromatic heterocycles. The maximum absolute atomic E-state index is 12.2. The highest BCUT2D eigenvalue weighted by molar-refractivity contribution is 7.13. The first-order valence-electron chi connectivity index (χ1n) is 6.74. The molecule has 0 saturated carbocycles. The molecule has 2 aromatic rings. The van der Waals surface area contributed by atoms with Crippen molar-refractivity contribution in [2.24, 2.45) is 0 Å². The summed E-state index contributed by atoms with van der Waals surface area (Å²) in [5.74, 6) is 0. The fraction of sp³-hybridized carbons (Fsp3) is 0.312. The van der Waals surface area contributed by atoms with E-state index < -0.39 is 5.60 Å². The lowest BCUT2D eigenvalue weighted by molar-refractivity contribution is 0.0551. The quantitative estimate of drug-likeness (QED) is 0.906. The molecule has 5 heteroatoms. The minimum atomic E-state index is -0.917. The van der Waals surface area contributed by atoms with Gasteiger partial charge in [0.2, 0.25) is 0 Å². The van der Waals surface area contributed by atoms with Crippen LogP contribution < -0.4 is 5.32 Å². The summed E-state index contributed by atoms with van der Waals surface area (Å²) in [7, 11) is 1.67. The number of likely N-dealkylation sites (N-methyl/N-ethyl adjacent to an activating group) is 1. The second-order valence-corrected chi connectivity index (χ2v) is 6.57. The zero-order valence-corrected chi connectivity index (χ0v) is 13.3.